The van der Waals surface area contributed by atoms with Crippen LogP contribution in [-0.2, 0) is 9.59 Å². The van der Waals surface area contributed by atoms with Crippen molar-refractivity contribution >= 4 is 23.2 Å². The summed E-state index contributed by atoms with van der Waals surface area (Å²) in [7, 11) is 0. The predicted molar refractivity (Wildman–Crippen MR) is 78.3 cm³/mol. The summed E-state index contributed by atoms with van der Waals surface area (Å²) in [6.45, 7) is 1.48. The third-order valence-electron chi connectivity index (χ3n) is 4.43. The van der Waals surface area contributed by atoms with E-state index in [0.29, 0.717) is 11.8 Å². The van der Waals surface area contributed by atoms with Crippen LogP contribution in [0.5, 0.6) is 0 Å². The molecule has 4 heteroatoms. The zero-order valence-electron chi connectivity index (χ0n) is 11.7. The van der Waals surface area contributed by atoms with Gasteiger partial charge in [0.25, 0.3) is 0 Å². The van der Waals surface area contributed by atoms with E-state index in [1.807, 2.05) is 12.1 Å². The summed E-state index contributed by atoms with van der Waals surface area (Å²) in [5.41, 5.74) is 1.54. The smallest absolute Gasteiger partial charge is 0.228 e. The first-order chi connectivity index (χ1) is 9.65. The number of rotatable bonds is 3. The monoisotopic (exact) mass is 272 g/mol. The molecule has 2 aliphatic carbocycles. The summed E-state index contributed by atoms with van der Waals surface area (Å²) in [6.07, 6.45) is 4.97. The van der Waals surface area contributed by atoms with Gasteiger partial charge in [0.2, 0.25) is 11.8 Å². The van der Waals surface area contributed by atoms with Gasteiger partial charge in [-0.05, 0) is 48.9 Å². The second kappa shape index (κ2) is 5.27. The molecule has 20 heavy (non-hydrogen) atoms. The molecule has 1 aromatic rings. The van der Waals surface area contributed by atoms with Crippen molar-refractivity contribution in [2.24, 2.45) is 17.8 Å². The van der Waals surface area contributed by atoms with Gasteiger partial charge in [-0.25, -0.2) is 0 Å². The van der Waals surface area contributed by atoms with Crippen LogP contribution in [0.15, 0.2) is 24.3 Å². The molecule has 0 spiro atoms. The van der Waals surface area contributed by atoms with Gasteiger partial charge in [0.05, 0.1) is 0 Å². The first kappa shape index (κ1) is 13.2. The molecule has 0 aromatic heterocycles. The lowest BCUT2D eigenvalue weighted by Crippen LogP contribution is -2.15. The number of carbonyl (C=O) groups is 2. The number of amides is 2. The number of carbonyl (C=O) groups excluding carboxylic acids is 2. The molecule has 0 bridgehead atoms. The SMILES string of the molecule is CC(=O)Nc1ccc(NC(=O)C2[C@@H]3CCCC[C@@H]23)cc1. The molecule has 2 N–H and O–H groups in total. The minimum atomic E-state index is -0.0937. The Morgan fingerprint density at radius 1 is 0.950 bits per heavy atom. The Bertz CT molecular complexity index is 512. The van der Waals surface area contributed by atoms with Crippen LogP contribution in [0.1, 0.15) is 32.6 Å². The number of anilines is 2. The molecule has 3 rings (SSSR count). The molecule has 2 aliphatic rings. The van der Waals surface area contributed by atoms with Crippen molar-refractivity contribution in [3.63, 3.8) is 0 Å². The normalized spacial score (nSPS) is 27.4. The van der Waals surface area contributed by atoms with Crippen LogP contribution in [0, 0.1) is 17.8 Å². The number of nitrogens with one attached hydrogen (secondary N) is 2. The third kappa shape index (κ3) is 2.69. The van der Waals surface area contributed by atoms with Crippen molar-refractivity contribution in [3.8, 4) is 0 Å². The second-order valence-electron chi connectivity index (χ2n) is 5.89. The van der Waals surface area contributed by atoms with Gasteiger partial charge in [0, 0.05) is 24.2 Å². The minimum absolute atomic E-state index is 0.0937. The molecule has 0 radical (unpaired) electrons. The highest BCUT2D eigenvalue weighted by atomic mass is 16.2. The topological polar surface area (TPSA) is 58.2 Å². The molecule has 0 saturated heterocycles. The average Bonchev–Trinajstić information content (AvgIpc) is 3.15. The molecule has 0 aliphatic heterocycles. The molecule has 2 atom stereocenters. The Kier molecular flexibility index (Phi) is 3.47. The molecule has 0 heterocycles. The average molecular weight is 272 g/mol. The molecule has 4 nitrogen and oxygen atoms in total. The number of benzene rings is 1. The van der Waals surface area contributed by atoms with E-state index < -0.39 is 0 Å². The number of hydrogen-bond acceptors (Lipinski definition) is 2. The maximum atomic E-state index is 12.2. The second-order valence-corrected chi connectivity index (χ2v) is 5.89. The summed E-state index contributed by atoms with van der Waals surface area (Å²) in [6, 6.07) is 7.26. The van der Waals surface area contributed by atoms with Gasteiger partial charge >= 0.3 is 0 Å². The Balaban J connectivity index is 1.58. The number of hydrogen-bond donors (Lipinski definition) is 2. The van der Waals surface area contributed by atoms with Crippen LogP contribution in [-0.4, -0.2) is 11.8 Å². The van der Waals surface area contributed by atoms with Crippen LogP contribution in [0.3, 0.4) is 0 Å². The molecule has 1 aromatic carbocycles. The molecular formula is C16H20N2O2. The lowest BCUT2D eigenvalue weighted by molar-refractivity contribution is -0.118. The maximum absolute atomic E-state index is 12.2. The van der Waals surface area contributed by atoms with E-state index in [1.165, 1.54) is 32.6 Å². The Hall–Kier alpha value is -1.84. The highest BCUT2D eigenvalue weighted by molar-refractivity contribution is 5.95. The third-order valence-corrected chi connectivity index (χ3v) is 4.43. The first-order valence-corrected chi connectivity index (χ1v) is 7.33. The molecule has 2 saturated carbocycles. The molecular weight excluding hydrogens is 252 g/mol. The van der Waals surface area contributed by atoms with E-state index in [0.717, 1.165) is 11.4 Å². The van der Waals surface area contributed by atoms with E-state index in [2.05, 4.69) is 10.6 Å². The van der Waals surface area contributed by atoms with Gasteiger partial charge in [-0.15, -0.1) is 0 Å². The van der Waals surface area contributed by atoms with Gasteiger partial charge in [0.1, 0.15) is 0 Å². The number of fused-ring (bicyclic) bond motifs is 1. The zero-order valence-corrected chi connectivity index (χ0v) is 11.7. The predicted octanol–water partition coefficient (Wildman–Crippen LogP) is 3.02. The quantitative estimate of drug-likeness (QED) is 0.888. The first-order valence-electron chi connectivity index (χ1n) is 7.33. The van der Waals surface area contributed by atoms with Crippen molar-refractivity contribution in [1.82, 2.24) is 0 Å². The highest BCUT2D eigenvalue weighted by Gasteiger charge is 2.54. The lowest BCUT2D eigenvalue weighted by Gasteiger charge is -2.06. The summed E-state index contributed by atoms with van der Waals surface area (Å²) in [4.78, 5) is 23.2. The lowest BCUT2D eigenvalue weighted by atomic mass is 10.0. The molecule has 2 amide bonds. The Morgan fingerprint density at radius 3 is 1.95 bits per heavy atom. The van der Waals surface area contributed by atoms with E-state index in [4.69, 9.17) is 0 Å². The maximum Gasteiger partial charge on any atom is 0.228 e. The van der Waals surface area contributed by atoms with Crippen LogP contribution in [0.2, 0.25) is 0 Å². The van der Waals surface area contributed by atoms with Crippen molar-refractivity contribution in [3.05, 3.63) is 24.3 Å². The van der Waals surface area contributed by atoms with Gasteiger partial charge in [-0.2, -0.15) is 0 Å². The van der Waals surface area contributed by atoms with Gasteiger partial charge < -0.3 is 10.6 Å². The molecule has 0 unspecified atom stereocenters. The van der Waals surface area contributed by atoms with Crippen molar-refractivity contribution in [2.75, 3.05) is 10.6 Å². The van der Waals surface area contributed by atoms with E-state index in [9.17, 15) is 9.59 Å². The molecule has 2 fully saturated rings. The summed E-state index contributed by atoms with van der Waals surface area (Å²) in [5, 5.41) is 5.70. The Labute approximate surface area is 118 Å². The fourth-order valence-electron chi connectivity index (χ4n) is 3.45. The van der Waals surface area contributed by atoms with Crippen molar-refractivity contribution in [2.45, 2.75) is 32.6 Å². The van der Waals surface area contributed by atoms with Crippen LogP contribution >= 0.6 is 0 Å². The highest BCUT2D eigenvalue weighted by Crippen LogP contribution is 2.55. The van der Waals surface area contributed by atoms with Crippen LogP contribution in [0.4, 0.5) is 11.4 Å². The van der Waals surface area contributed by atoms with E-state index in [1.54, 1.807) is 12.1 Å². The van der Waals surface area contributed by atoms with Gasteiger partial charge in [-0.1, -0.05) is 12.8 Å². The summed E-state index contributed by atoms with van der Waals surface area (Å²) >= 11 is 0. The van der Waals surface area contributed by atoms with Gasteiger partial charge in [-0.3, -0.25) is 9.59 Å². The Morgan fingerprint density at radius 2 is 1.45 bits per heavy atom. The largest absolute Gasteiger partial charge is 0.326 e. The van der Waals surface area contributed by atoms with Crippen molar-refractivity contribution in [1.29, 1.82) is 0 Å². The van der Waals surface area contributed by atoms with Crippen molar-refractivity contribution < 1.29 is 9.59 Å². The fraction of sp³-hybridized carbons (Fsp3) is 0.500. The van der Waals surface area contributed by atoms with Crippen LogP contribution in [0.25, 0.3) is 0 Å². The standard InChI is InChI=1S/C16H20N2O2/c1-10(19)17-11-6-8-12(9-7-11)18-16(20)15-13-4-2-3-5-14(13)15/h6-9,13-15H,2-5H2,1H3,(H,17,19)(H,18,20)/t13-,14-/m1/s1. The summed E-state index contributed by atoms with van der Waals surface area (Å²) < 4.78 is 0. The van der Waals surface area contributed by atoms with Gasteiger partial charge in [0.15, 0.2) is 0 Å². The fourth-order valence-corrected chi connectivity index (χ4v) is 3.45. The molecule has 106 valence electrons. The van der Waals surface area contributed by atoms with E-state index in [-0.39, 0.29) is 17.7 Å². The van der Waals surface area contributed by atoms with E-state index >= 15 is 0 Å². The zero-order chi connectivity index (χ0) is 14.1. The van der Waals surface area contributed by atoms with Crippen LogP contribution < -0.4 is 10.6 Å². The summed E-state index contributed by atoms with van der Waals surface area (Å²) in [5.74, 6) is 1.55. The minimum Gasteiger partial charge on any atom is -0.326 e.